The molecule has 114 valence electrons. The van der Waals surface area contributed by atoms with E-state index in [1.165, 1.54) is 16.9 Å². The molecule has 0 saturated carbocycles. The van der Waals surface area contributed by atoms with Gasteiger partial charge in [0.1, 0.15) is 10.7 Å². The number of fused-ring (bicyclic) bond motifs is 1. The van der Waals surface area contributed by atoms with Crippen LogP contribution in [0.1, 0.15) is 10.6 Å². The van der Waals surface area contributed by atoms with Crippen LogP contribution >= 0.6 is 11.3 Å². The van der Waals surface area contributed by atoms with E-state index in [0.717, 1.165) is 21.6 Å². The Morgan fingerprint density at radius 2 is 1.74 bits per heavy atom. The Kier molecular flexibility index (Phi) is 3.61. The van der Waals surface area contributed by atoms with Gasteiger partial charge in [-0.1, -0.05) is 59.9 Å². The summed E-state index contributed by atoms with van der Waals surface area (Å²) in [6.45, 7) is 0.605. The second kappa shape index (κ2) is 5.91. The average Bonchev–Trinajstić information content (AvgIpc) is 3.21. The van der Waals surface area contributed by atoms with Gasteiger partial charge in [-0.05, 0) is 11.6 Å². The number of para-hydroxylation sites is 1. The summed E-state index contributed by atoms with van der Waals surface area (Å²) in [7, 11) is 0. The molecule has 2 aromatic carbocycles. The van der Waals surface area contributed by atoms with Gasteiger partial charge in [-0.3, -0.25) is 4.68 Å². The molecule has 2 aromatic heterocycles. The van der Waals surface area contributed by atoms with Crippen molar-refractivity contribution in [3.8, 4) is 10.7 Å². The lowest BCUT2D eigenvalue weighted by Gasteiger charge is -2.03. The van der Waals surface area contributed by atoms with Gasteiger partial charge in [-0.25, -0.2) is 0 Å². The molecule has 0 spiro atoms. The topological polar surface area (TPSA) is 63.8 Å². The Morgan fingerprint density at radius 3 is 2.52 bits per heavy atom. The van der Waals surface area contributed by atoms with Crippen molar-refractivity contribution in [1.29, 1.82) is 0 Å². The van der Waals surface area contributed by atoms with Crippen molar-refractivity contribution in [2.24, 2.45) is 0 Å². The minimum Gasteiger partial charge on any atom is -0.389 e. The van der Waals surface area contributed by atoms with Crippen LogP contribution in [0.15, 0.2) is 54.6 Å². The molecule has 0 radical (unpaired) electrons. The number of hydrogen-bond donors (Lipinski definition) is 1. The number of hydrogen-bond acceptors (Lipinski definition) is 5. The summed E-state index contributed by atoms with van der Waals surface area (Å²) in [6.07, 6.45) is 0. The zero-order valence-electron chi connectivity index (χ0n) is 12.3. The molecule has 0 atom stereocenters. The molecule has 23 heavy (non-hydrogen) atoms. The van der Waals surface area contributed by atoms with Crippen molar-refractivity contribution >= 4 is 22.2 Å². The molecule has 5 nitrogen and oxygen atoms in total. The van der Waals surface area contributed by atoms with E-state index in [0.29, 0.717) is 11.6 Å². The Hall–Kier alpha value is -2.57. The van der Waals surface area contributed by atoms with Crippen molar-refractivity contribution in [3.05, 3.63) is 65.2 Å². The first-order valence-electron chi connectivity index (χ1n) is 7.28. The molecule has 0 fully saturated rings. The molecule has 0 aliphatic rings. The molecule has 0 saturated heterocycles. The standard InChI is InChI=1S/C17H14N4OS/c22-11-15-18-19-17(23-15)16-13-8-4-5-9-14(13)21(20-16)10-12-6-2-1-3-7-12/h1-9,22H,10-11H2. The summed E-state index contributed by atoms with van der Waals surface area (Å²) >= 11 is 1.37. The number of aliphatic hydroxyl groups excluding tert-OH is 1. The number of aliphatic hydroxyl groups is 1. The van der Waals surface area contributed by atoms with Crippen LogP contribution in [0.2, 0.25) is 0 Å². The third kappa shape index (κ3) is 2.62. The van der Waals surface area contributed by atoms with E-state index in [-0.39, 0.29) is 6.61 Å². The summed E-state index contributed by atoms with van der Waals surface area (Å²) < 4.78 is 1.99. The van der Waals surface area contributed by atoms with E-state index < -0.39 is 0 Å². The predicted molar refractivity (Wildman–Crippen MR) is 90.1 cm³/mol. The predicted octanol–water partition coefficient (Wildman–Crippen LogP) is 3.10. The molecule has 0 unspecified atom stereocenters. The third-order valence-corrected chi connectivity index (χ3v) is 4.55. The number of nitrogens with zero attached hydrogens (tertiary/aromatic N) is 4. The molecule has 0 amide bonds. The maximum Gasteiger partial charge on any atom is 0.168 e. The zero-order valence-corrected chi connectivity index (χ0v) is 13.1. The van der Waals surface area contributed by atoms with Crippen molar-refractivity contribution in [1.82, 2.24) is 20.0 Å². The first kappa shape index (κ1) is 14.0. The fourth-order valence-electron chi connectivity index (χ4n) is 2.58. The number of benzene rings is 2. The van der Waals surface area contributed by atoms with Gasteiger partial charge in [0.15, 0.2) is 5.01 Å². The Morgan fingerprint density at radius 1 is 0.957 bits per heavy atom. The molecule has 6 heteroatoms. The second-order valence-corrected chi connectivity index (χ2v) is 6.23. The first-order chi connectivity index (χ1) is 11.3. The van der Waals surface area contributed by atoms with Crippen molar-refractivity contribution in [2.75, 3.05) is 0 Å². The van der Waals surface area contributed by atoms with E-state index in [4.69, 9.17) is 5.10 Å². The summed E-state index contributed by atoms with van der Waals surface area (Å²) in [5, 5.41) is 24.5. The first-order valence-corrected chi connectivity index (χ1v) is 8.10. The number of rotatable bonds is 4. The van der Waals surface area contributed by atoms with Crippen molar-refractivity contribution in [2.45, 2.75) is 13.2 Å². The molecule has 0 aliphatic heterocycles. The van der Waals surface area contributed by atoms with Crippen LogP contribution in [-0.4, -0.2) is 25.1 Å². The van der Waals surface area contributed by atoms with Crippen LogP contribution in [0.3, 0.4) is 0 Å². The highest BCUT2D eigenvalue weighted by atomic mass is 32.1. The van der Waals surface area contributed by atoms with E-state index >= 15 is 0 Å². The molecule has 2 heterocycles. The molecule has 0 bridgehead atoms. The fraction of sp³-hybridized carbons (Fsp3) is 0.118. The van der Waals surface area contributed by atoms with Crippen LogP contribution in [0.25, 0.3) is 21.6 Å². The monoisotopic (exact) mass is 322 g/mol. The van der Waals surface area contributed by atoms with Gasteiger partial charge in [-0.15, -0.1) is 10.2 Å². The molecular weight excluding hydrogens is 308 g/mol. The van der Waals surface area contributed by atoms with Gasteiger partial charge in [0.05, 0.1) is 18.7 Å². The molecular formula is C17H14N4OS. The Labute approximate surface area is 136 Å². The summed E-state index contributed by atoms with van der Waals surface area (Å²) in [6, 6.07) is 18.3. The molecule has 4 aromatic rings. The van der Waals surface area contributed by atoms with Gasteiger partial charge in [0.2, 0.25) is 0 Å². The number of aromatic nitrogens is 4. The second-order valence-electron chi connectivity index (χ2n) is 5.17. The zero-order chi connectivity index (χ0) is 15.6. The minimum atomic E-state index is -0.0969. The van der Waals surface area contributed by atoms with Crippen LogP contribution in [-0.2, 0) is 13.2 Å². The lowest BCUT2D eigenvalue weighted by molar-refractivity contribution is 0.280. The van der Waals surface area contributed by atoms with Gasteiger partial charge in [0, 0.05) is 5.39 Å². The molecule has 1 N–H and O–H groups in total. The van der Waals surface area contributed by atoms with Crippen LogP contribution in [0.5, 0.6) is 0 Å². The minimum absolute atomic E-state index is 0.0969. The molecule has 0 aliphatic carbocycles. The fourth-order valence-corrected chi connectivity index (χ4v) is 3.27. The Balaban J connectivity index is 1.83. The maximum atomic E-state index is 9.19. The highest BCUT2D eigenvalue weighted by Gasteiger charge is 2.16. The maximum absolute atomic E-state index is 9.19. The van der Waals surface area contributed by atoms with Gasteiger partial charge < -0.3 is 5.11 Å². The normalized spacial score (nSPS) is 11.2. The lowest BCUT2D eigenvalue weighted by atomic mass is 10.2. The van der Waals surface area contributed by atoms with Gasteiger partial charge in [0.25, 0.3) is 0 Å². The van der Waals surface area contributed by atoms with Gasteiger partial charge in [-0.2, -0.15) is 5.10 Å². The summed E-state index contributed by atoms with van der Waals surface area (Å²) in [5.41, 5.74) is 3.07. The summed E-state index contributed by atoms with van der Waals surface area (Å²) in [5.74, 6) is 0. The van der Waals surface area contributed by atoms with Crippen LogP contribution < -0.4 is 0 Å². The van der Waals surface area contributed by atoms with Gasteiger partial charge >= 0.3 is 0 Å². The quantitative estimate of drug-likeness (QED) is 0.627. The molecule has 4 rings (SSSR count). The lowest BCUT2D eigenvalue weighted by Crippen LogP contribution is -2.01. The van der Waals surface area contributed by atoms with Crippen LogP contribution in [0, 0.1) is 0 Å². The largest absolute Gasteiger partial charge is 0.389 e. The smallest absolute Gasteiger partial charge is 0.168 e. The van der Waals surface area contributed by atoms with E-state index in [9.17, 15) is 5.11 Å². The highest BCUT2D eigenvalue weighted by molar-refractivity contribution is 7.14. The van der Waals surface area contributed by atoms with E-state index in [1.54, 1.807) is 0 Å². The third-order valence-electron chi connectivity index (χ3n) is 3.64. The highest BCUT2D eigenvalue weighted by Crippen LogP contribution is 2.30. The SMILES string of the molecule is OCc1nnc(-c2nn(Cc3ccccc3)c3ccccc23)s1. The average molecular weight is 322 g/mol. The van der Waals surface area contributed by atoms with E-state index in [1.807, 2.05) is 41.1 Å². The summed E-state index contributed by atoms with van der Waals surface area (Å²) in [4.78, 5) is 0. The Bertz CT molecular complexity index is 946. The van der Waals surface area contributed by atoms with Crippen molar-refractivity contribution < 1.29 is 5.11 Å². The van der Waals surface area contributed by atoms with E-state index in [2.05, 4.69) is 28.4 Å². The van der Waals surface area contributed by atoms with Crippen molar-refractivity contribution in [3.63, 3.8) is 0 Å². The van der Waals surface area contributed by atoms with Crippen LogP contribution in [0.4, 0.5) is 0 Å².